The second-order valence-corrected chi connectivity index (χ2v) is 6.69. The van der Waals surface area contributed by atoms with Gasteiger partial charge in [-0.15, -0.1) is 22.9 Å². The Kier molecular flexibility index (Phi) is 4.11. The number of nitrogens with zero attached hydrogens (tertiary/aromatic N) is 2. The van der Waals surface area contributed by atoms with E-state index in [9.17, 15) is 0 Å². The summed E-state index contributed by atoms with van der Waals surface area (Å²) in [7, 11) is 2.22. The molecule has 0 amide bonds. The molecule has 1 aromatic heterocycles. The van der Waals surface area contributed by atoms with Gasteiger partial charge >= 0.3 is 0 Å². The molecule has 1 aromatic carbocycles. The Balaban J connectivity index is 1.79. The Morgan fingerprint density at radius 3 is 2.80 bits per heavy atom. The summed E-state index contributed by atoms with van der Waals surface area (Å²) >= 11 is 7.48. The van der Waals surface area contributed by atoms with Crippen LogP contribution in [0, 0.1) is 6.92 Å². The maximum atomic E-state index is 5.82. The number of thiazole rings is 1. The molecule has 0 radical (unpaired) electrons. The second kappa shape index (κ2) is 5.84. The summed E-state index contributed by atoms with van der Waals surface area (Å²) in [6.45, 7) is 3.23. The van der Waals surface area contributed by atoms with Crippen LogP contribution < -0.4 is 0 Å². The number of halogens is 1. The fraction of sp³-hybridized carbons (Fsp3) is 0.438. The van der Waals surface area contributed by atoms with Crippen LogP contribution >= 0.6 is 22.9 Å². The first kappa shape index (κ1) is 14.1. The highest BCUT2D eigenvalue weighted by molar-refractivity contribution is 7.13. The van der Waals surface area contributed by atoms with Crippen molar-refractivity contribution in [3.05, 3.63) is 40.4 Å². The number of hydrogen-bond acceptors (Lipinski definition) is 3. The number of alkyl halides is 1. The van der Waals surface area contributed by atoms with Gasteiger partial charge in [-0.1, -0.05) is 12.1 Å². The van der Waals surface area contributed by atoms with Gasteiger partial charge in [0.25, 0.3) is 0 Å². The average molecular weight is 307 g/mol. The van der Waals surface area contributed by atoms with E-state index >= 15 is 0 Å². The number of rotatable bonds is 5. The topological polar surface area (TPSA) is 16.1 Å². The predicted octanol–water partition coefficient (Wildman–Crippen LogP) is 4.45. The van der Waals surface area contributed by atoms with Crippen LogP contribution in [0.3, 0.4) is 0 Å². The second-order valence-electron chi connectivity index (χ2n) is 5.57. The molecule has 1 fully saturated rings. The zero-order valence-corrected chi connectivity index (χ0v) is 13.5. The number of benzene rings is 1. The quantitative estimate of drug-likeness (QED) is 0.759. The fourth-order valence-corrected chi connectivity index (χ4v) is 3.47. The summed E-state index contributed by atoms with van der Waals surface area (Å²) < 4.78 is 0. The van der Waals surface area contributed by atoms with E-state index < -0.39 is 0 Å². The molecule has 2 aromatic rings. The SMILES string of the molecule is Cc1cc(-c2nc(CCl)cs2)ccc1CN(C)C1CC1. The molecular formula is C16H19ClN2S. The molecule has 0 spiro atoms. The van der Waals surface area contributed by atoms with Crippen LogP contribution in [0.2, 0.25) is 0 Å². The lowest BCUT2D eigenvalue weighted by molar-refractivity contribution is 0.316. The molecule has 1 saturated carbocycles. The van der Waals surface area contributed by atoms with Gasteiger partial charge in [0.05, 0.1) is 11.6 Å². The monoisotopic (exact) mass is 306 g/mol. The van der Waals surface area contributed by atoms with Gasteiger partial charge in [-0.25, -0.2) is 4.98 Å². The summed E-state index contributed by atoms with van der Waals surface area (Å²) in [5.41, 5.74) is 4.92. The largest absolute Gasteiger partial charge is 0.299 e. The average Bonchev–Trinajstić information content (AvgIpc) is 3.19. The first-order valence-corrected chi connectivity index (χ1v) is 8.39. The van der Waals surface area contributed by atoms with Crippen LogP contribution in [0.4, 0.5) is 0 Å². The molecule has 0 atom stereocenters. The van der Waals surface area contributed by atoms with Crippen LogP contribution in [0.5, 0.6) is 0 Å². The summed E-state index contributed by atoms with van der Waals surface area (Å²) in [6.07, 6.45) is 2.71. The first-order valence-electron chi connectivity index (χ1n) is 6.98. The van der Waals surface area contributed by atoms with Crippen LogP contribution in [-0.4, -0.2) is 23.0 Å². The Morgan fingerprint density at radius 2 is 2.20 bits per heavy atom. The molecule has 106 valence electrons. The lowest BCUT2D eigenvalue weighted by Gasteiger charge is -2.17. The molecule has 3 rings (SSSR count). The van der Waals surface area contributed by atoms with E-state index in [1.165, 1.54) is 29.5 Å². The maximum Gasteiger partial charge on any atom is 0.123 e. The Morgan fingerprint density at radius 1 is 1.40 bits per heavy atom. The van der Waals surface area contributed by atoms with Crippen molar-refractivity contribution in [2.75, 3.05) is 7.05 Å². The normalized spacial score (nSPS) is 15.0. The fourth-order valence-electron chi connectivity index (χ4n) is 2.42. The molecule has 0 N–H and O–H groups in total. The van der Waals surface area contributed by atoms with E-state index in [1.54, 1.807) is 11.3 Å². The van der Waals surface area contributed by atoms with Crippen molar-refractivity contribution < 1.29 is 0 Å². The highest BCUT2D eigenvalue weighted by Gasteiger charge is 2.26. The minimum Gasteiger partial charge on any atom is -0.299 e. The van der Waals surface area contributed by atoms with Gasteiger partial charge in [0.15, 0.2) is 0 Å². The van der Waals surface area contributed by atoms with Gasteiger partial charge < -0.3 is 0 Å². The summed E-state index contributed by atoms with van der Waals surface area (Å²) in [5.74, 6) is 0.486. The highest BCUT2D eigenvalue weighted by Crippen LogP contribution is 2.29. The Labute approximate surface area is 129 Å². The van der Waals surface area contributed by atoms with Crippen LogP contribution in [-0.2, 0) is 12.4 Å². The van der Waals surface area contributed by atoms with Crippen LogP contribution in [0.1, 0.15) is 29.7 Å². The molecule has 1 aliphatic rings. The molecule has 0 bridgehead atoms. The van der Waals surface area contributed by atoms with Crippen molar-refractivity contribution in [3.8, 4) is 10.6 Å². The molecule has 0 unspecified atom stereocenters. The van der Waals surface area contributed by atoms with Gasteiger partial charge in [-0.05, 0) is 44.0 Å². The van der Waals surface area contributed by atoms with E-state index in [0.29, 0.717) is 5.88 Å². The van der Waals surface area contributed by atoms with Crippen LogP contribution in [0.15, 0.2) is 23.6 Å². The van der Waals surface area contributed by atoms with Gasteiger partial charge in [-0.2, -0.15) is 0 Å². The molecule has 20 heavy (non-hydrogen) atoms. The third-order valence-corrected chi connectivity index (χ3v) is 5.08. The van der Waals surface area contributed by atoms with Gasteiger partial charge in [0, 0.05) is 23.5 Å². The lowest BCUT2D eigenvalue weighted by Crippen LogP contribution is -2.20. The molecule has 0 aliphatic heterocycles. The van der Waals surface area contributed by atoms with Crippen molar-refractivity contribution in [1.82, 2.24) is 9.88 Å². The highest BCUT2D eigenvalue weighted by atomic mass is 35.5. The molecule has 0 saturated heterocycles. The smallest absolute Gasteiger partial charge is 0.123 e. The van der Waals surface area contributed by atoms with Crippen molar-refractivity contribution in [3.63, 3.8) is 0 Å². The minimum absolute atomic E-state index is 0.486. The van der Waals surface area contributed by atoms with E-state index in [0.717, 1.165) is 23.3 Å². The van der Waals surface area contributed by atoms with E-state index in [1.807, 2.05) is 5.38 Å². The summed E-state index contributed by atoms with van der Waals surface area (Å²) in [5, 5.41) is 3.10. The third kappa shape index (κ3) is 3.05. The zero-order chi connectivity index (χ0) is 14.1. The Hall–Kier alpha value is -0.900. The summed E-state index contributed by atoms with van der Waals surface area (Å²) in [6, 6.07) is 7.47. The molecule has 2 nitrogen and oxygen atoms in total. The minimum atomic E-state index is 0.486. The van der Waals surface area contributed by atoms with E-state index in [2.05, 4.69) is 42.1 Å². The lowest BCUT2D eigenvalue weighted by atomic mass is 10.0. The van der Waals surface area contributed by atoms with Crippen molar-refractivity contribution in [2.45, 2.75) is 38.2 Å². The number of aryl methyl sites for hydroxylation is 1. The predicted molar refractivity (Wildman–Crippen MR) is 86.3 cm³/mol. The summed E-state index contributed by atoms with van der Waals surface area (Å²) in [4.78, 5) is 7.00. The number of aromatic nitrogens is 1. The first-order chi connectivity index (χ1) is 9.67. The standard InChI is InChI=1S/C16H19ClN2S/c1-11-7-12(16-18-14(8-17)10-20-16)3-4-13(11)9-19(2)15-5-6-15/h3-4,7,10,15H,5-6,8-9H2,1-2H3. The van der Waals surface area contributed by atoms with Gasteiger partial charge in [0.2, 0.25) is 0 Å². The van der Waals surface area contributed by atoms with Crippen molar-refractivity contribution in [1.29, 1.82) is 0 Å². The molecule has 4 heteroatoms. The molecule has 1 aliphatic carbocycles. The molecular weight excluding hydrogens is 288 g/mol. The van der Waals surface area contributed by atoms with E-state index in [4.69, 9.17) is 11.6 Å². The van der Waals surface area contributed by atoms with Gasteiger partial charge in [-0.3, -0.25) is 4.90 Å². The van der Waals surface area contributed by atoms with Crippen molar-refractivity contribution in [2.24, 2.45) is 0 Å². The maximum absolute atomic E-state index is 5.82. The van der Waals surface area contributed by atoms with E-state index in [-0.39, 0.29) is 0 Å². The number of hydrogen-bond donors (Lipinski definition) is 0. The van der Waals surface area contributed by atoms with Gasteiger partial charge in [0.1, 0.15) is 5.01 Å². The third-order valence-electron chi connectivity index (χ3n) is 3.87. The van der Waals surface area contributed by atoms with Crippen molar-refractivity contribution >= 4 is 22.9 Å². The Bertz CT molecular complexity index is 604. The zero-order valence-electron chi connectivity index (χ0n) is 11.9. The van der Waals surface area contributed by atoms with Crippen LogP contribution in [0.25, 0.3) is 10.6 Å². The molecule has 1 heterocycles.